The van der Waals surface area contributed by atoms with E-state index in [2.05, 4.69) is 32.9 Å². The number of carbonyl (C=O) groups is 3. The molecule has 1 atom stereocenters. The average Bonchev–Trinajstić information content (AvgIpc) is 3.22. The zero-order valence-electron chi connectivity index (χ0n) is 39.1. The lowest BCUT2D eigenvalue weighted by atomic mass is 10.0. The number of hydrogen-bond donors (Lipinski definition) is 0. The van der Waals surface area contributed by atoms with Crippen LogP contribution < -0.4 is 0 Å². The number of ether oxygens (including phenoxy) is 3. The largest absolute Gasteiger partial charge is 0.462 e. The summed E-state index contributed by atoms with van der Waals surface area (Å²) in [7, 11) is 0. The van der Waals surface area contributed by atoms with Crippen molar-refractivity contribution in [1.29, 1.82) is 0 Å². The summed E-state index contributed by atoms with van der Waals surface area (Å²) in [5.41, 5.74) is 0. The summed E-state index contributed by atoms with van der Waals surface area (Å²) in [6, 6.07) is 0. The summed E-state index contributed by atoms with van der Waals surface area (Å²) >= 11 is 0. The maximum atomic E-state index is 12.7. The molecular formula is C52H98O6. The van der Waals surface area contributed by atoms with E-state index in [0.717, 1.165) is 57.8 Å². The number of rotatable bonds is 47. The van der Waals surface area contributed by atoms with E-state index in [-0.39, 0.29) is 31.1 Å². The van der Waals surface area contributed by atoms with Crippen LogP contribution in [0.2, 0.25) is 0 Å². The van der Waals surface area contributed by atoms with Crippen LogP contribution >= 0.6 is 0 Å². The van der Waals surface area contributed by atoms with Crippen molar-refractivity contribution in [2.24, 2.45) is 0 Å². The van der Waals surface area contributed by atoms with Crippen molar-refractivity contribution >= 4 is 17.9 Å². The van der Waals surface area contributed by atoms with Gasteiger partial charge in [-0.2, -0.15) is 0 Å². The molecule has 0 aliphatic heterocycles. The third-order valence-corrected chi connectivity index (χ3v) is 11.5. The van der Waals surface area contributed by atoms with Crippen molar-refractivity contribution in [1.82, 2.24) is 0 Å². The highest BCUT2D eigenvalue weighted by atomic mass is 16.6. The van der Waals surface area contributed by atoms with Crippen LogP contribution in [0.3, 0.4) is 0 Å². The van der Waals surface area contributed by atoms with Crippen molar-refractivity contribution in [3.05, 3.63) is 12.2 Å². The Morgan fingerprint density at radius 2 is 0.569 bits per heavy atom. The second-order valence-electron chi connectivity index (χ2n) is 17.4. The molecule has 0 N–H and O–H groups in total. The Morgan fingerprint density at radius 1 is 0.328 bits per heavy atom. The summed E-state index contributed by atoms with van der Waals surface area (Å²) in [4.78, 5) is 37.8. The van der Waals surface area contributed by atoms with Gasteiger partial charge in [0.05, 0.1) is 0 Å². The van der Waals surface area contributed by atoms with Crippen molar-refractivity contribution in [3.8, 4) is 0 Å². The summed E-state index contributed by atoms with van der Waals surface area (Å²) in [5, 5.41) is 0. The first-order valence-corrected chi connectivity index (χ1v) is 25.7. The van der Waals surface area contributed by atoms with E-state index in [1.807, 2.05) is 0 Å². The summed E-state index contributed by atoms with van der Waals surface area (Å²) < 4.78 is 16.7. The predicted octanol–water partition coefficient (Wildman–Crippen LogP) is 16.6. The van der Waals surface area contributed by atoms with Crippen LogP contribution in [0.1, 0.15) is 284 Å². The molecule has 0 spiro atoms. The van der Waals surface area contributed by atoms with Gasteiger partial charge >= 0.3 is 17.9 Å². The minimum Gasteiger partial charge on any atom is -0.462 e. The Balaban J connectivity index is 4.21. The molecular weight excluding hydrogens is 721 g/mol. The van der Waals surface area contributed by atoms with Gasteiger partial charge in [-0.3, -0.25) is 14.4 Å². The summed E-state index contributed by atoms with van der Waals surface area (Å²) in [5.74, 6) is -0.863. The molecule has 0 saturated heterocycles. The maximum absolute atomic E-state index is 12.7. The lowest BCUT2D eigenvalue weighted by molar-refractivity contribution is -0.167. The first-order valence-electron chi connectivity index (χ1n) is 25.7. The standard InChI is InChI=1S/C52H98O6/c1-4-7-10-13-16-18-20-22-24-25-26-28-29-31-33-36-39-42-45-51(54)57-48-49(47-56-50(53)44-41-38-35-15-12-9-6-3)58-52(55)46-43-40-37-34-32-30-27-23-21-19-17-14-11-8-5-2/h24-25,49H,4-23,26-48H2,1-3H3/b25-24-. The van der Waals surface area contributed by atoms with Gasteiger partial charge in [0.15, 0.2) is 6.10 Å². The minimum atomic E-state index is -0.763. The highest BCUT2D eigenvalue weighted by Gasteiger charge is 2.19. The second-order valence-corrected chi connectivity index (χ2v) is 17.4. The smallest absolute Gasteiger partial charge is 0.306 e. The first-order chi connectivity index (χ1) is 28.5. The van der Waals surface area contributed by atoms with Gasteiger partial charge in [-0.05, 0) is 44.9 Å². The van der Waals surface area contributed by atoms with Gasteiger partial charge in [-0.1, -0.05) is 232 Å². The van der Waals surface area contributed by atoms with Gasteiger partial charge in [0.1, 0.15) is 13.2 Å². The molecule has 0 fully saturated rings. The van der Waals surface area contributed by atoms with Crippen LogP contribution in [0.15, 0.2) is 12.2 Å². The fourth-order valence-corrected chi connectivity index (χ4v) is 7.61. The molecule has 0 rings (SSSR count). The molecule has 58 heavy (non-hydrogen) atoms. The first kappa shape index (κ1) is 56.1. The van der Waals surface area contributed by atoms with E-state index in [0.29, 0.717) is 19.3 Å². The lowest BCUT2D eigenvalue weighted by Crippen LogP contribution is -2.30. The van der Waals surface area contributed by atoms with E-state index in [4.69, 9.17) is 14.2 Å². The average molecular weight is 819 g/mol. The molecule has 0 radical (unpaired) electrons. The fraction of sp³-hybridized carbons (Fsp3) is 0.904. The van der Waals surface area contributed by atoms with Crippen LogP contribution in [0.5, 0.6) is 0 Å². The number of carbonyl (C=O) groups excluding carboxylic acids is 3. The molecule has 0 amide bonds. The van der Waals surface area contributed by atoms with Crippen molar-refractivity contribution in [2.45, 2.75) is 290 Å². The van der Waals surface area contributed by atoms with E-state index in [1.165, 1.54) is 186 Å². The van der Waals surface area contributed by atoms with Crippen molar-refractivity contribution in [3.63, 3.8) is 0 Å². The van der Waals surface area contributed by atoms with Gasteiger partial charge < -0.3 is 14.2 Å². The highest BCUT2D eigenvalue weighted by molar-refractivity contribution is 5.71. The molecule has 0 saturated carbocycles. The van der Waals surface area contributed by atoms with Gasteiger partial charge in [-0.15, -0.1) is 0 Å². The van der Waals surface area contributed by atoms with Crippen LogP contribution in [0, 0.1) is 0 Å². The molecule has 0 aromatic rings. The fourth-order valence-electron chi connectivity index (χ4n) is 7.61. The Morgan fingerprint density at radius 3 is 0.862 bits per heavy atom. The zero-order chi connectivity index (χ0) is 42.3. The van der Waals surface area contributed by atoms with E-state index < -0.39 is 6.10 Å². The lowest BCUT2D eigenvalue weighted by Gasteiger charge is -2.18. The summed E-state index contributed by atoms with van der Waals surface area (Å²) in [6.45, 7) is 6.62. The van der Waals surface area contributed by atoms with Gasteiger partial charge in [0, 0.05) is 19.3 Å². The second kappa shape index (κ2) is 47.8. The number of hydrogen-bond acceptors (Lipinski definition) is 6. The third-order valence-electron chi connectivity index (χ3n) is 11.5. The van der Waals surface area contributed by atoms with Crippen LogP contribution in [0.4, 0.5) is 0 Å². The Kier molecular flexibility index (Phi) is 46.3. The maximum Gasteiger partial charge on any atom is 0.306 e. The quantitative estimate of drug-likeness (QED) is 0.0263. The van der Waals surface area contributed by atoms with E-state index in [1.54, 1.807) is 0 Å². The number of allylic oxidation sites excluding steroid dienone is 2. The Labute approximate surface area is 360 Å². The monoisotopic (exact) mass is 819 g/mol. The molecule has 0 bridgehead atoms. The highest BCUT2D eigenvalue weighted by Crippen LogP contribution is 2.16. The van der Waals surface area contributed by atoms with Gasteiger partial charge in [0.2, 0.25) is 0 Å². The van der Waals surface area contributed by atoms with Crippen molar-refractivity contribution < 1.29 is 28.6 Å². The minimum absolute atomic E-state index is 0.0673. The van der Waals surface area contributed by atoms with Crippen LogP contribution in [0.25, 0.3) is 0 Å². The number of esters is 3. The molecule has 6 nitrogen and oxygen atoms in total. The van der Waals surface area contributed by atoms with Crippen LogP contribution in [-0.4, -0.2) is 37.2 Å². The van der Waals surface area contributed by atoms with E-state index >= 15 is 0 Å². The molecule has 0 aromatic heterocycles. The molecule has 6 heteroatoms. The zero-order valence-corrected chi connectivity index (χ0v) is 39.1. The Hall–Kier alpha value is -1.85. The third kappa shape index (κ3) is 45.2. The molecule has 0 heterocycles. The van der Waals surface area contributed by atoms with E-state index in [9.17, 15) is 14.4 Å². The summed E-state index contributed by atoms with van der Waals surface area (Å²) in [6.07, 6.45) is 52.1. The SMILES string of the molecule is CCCCCCCCC/C=C\CCCCCCCCCC(=O)OCC(COC(=O)CCCCCCCCC)OC(=O)CCCCCCCCCCCCCCCCC. The number of unbranched alkanes of at least 4 members (excludes halogenated alkanes) is 34. The molecule has 0 aliphatic carbocycles. The van der Waals surface area contributed by atoms with Gasteiger partial charge in [0.25, 0.3) is 0 Å². The van der Waals surface area contributed by atoms with Gasteiger partial charge in [-0.25, -0.2) is 0 Å². The van der Waals surface area contributed by atoms with Crippen molar-refractivity contribution in [2.75, 3.05) is 13.2 Å². The Bertz CT molecular complexity index is 900. The topological polar surface area (TPSA) is 78.9 Å². The normalized spacial score (nSPS) is 12.0. The molecule has 342 valence electrons. The predicted molar refractivity (Wildman–Crippen MR) is 247 cm³/mol. The molecule has 0 aromatic carbocycles. The molecule has 1 unspecified atom stereocenters. The van der Waals surface area contributed by atoms with Crippen LogP contribution in [-0.2, 0) is 28.6 Å². The molecule has 0 aliphatic rings.